The van der Waals surface area contributed by atoms with Crippen LogP contribution in [0.1, 0.15) is 18.2 Å². The van der Waals surface area contributed by atoms with Gasteiger partial charge in [-0.3, -0.25) is 4.98 Å². The largest absolute Gasteiger partial charge is 0.417 e. The van der Waals surface area contributed by atoms with E-state index in [1.54, 1.807) is 0 Å². The second-order valence-electron chi connectivity index (χ2n) is 2.62. The van der Waals surface area contributed by atoms with Crippen LogP contribution in [0.25, 0.3) is 0 Å². The number of hydrogen-bond donors (Lipinski definition) is 1. The first kappa shape index (κ1) is 10.5. The van der Waals surface area contributed by atoms with Crippen molar-refractivity contribution in [2.24, 2.45) is 5.16 Å². The summed E-state index contributed by atoms with van der Waals surface area (Å²) >= 11 is 0. The molecule has 14 heavy (non-hydrogen) atoms. The molecule has 1 heterocycles. The Kier molecular flexibility index (Phi) is 2.73. The lowest BCUT2D eigenvalue weighted by Gasteiger charge is -2.05. The average molecular weight is 204 g/mol. The highest BCUT2D eigenvalue weighted by atomic mass is 19.4. The van der Waals surface area contributed by atoms with E-state index in [4.69, 9.17) is 5.21 Å². The number of rotatable bonds is 1. The Hall–Kier alpha value is -1.59. The number of nitrogens with zero attached hydrogens (tertiary/aromatic N) is 2. The van der Waals surface area contributed by atoms with E-state index in [1.807, 2.05) is 0 Å². The minimum Gasteiger partial charge on any atom is -0.411 e. The maximum Gasteiger partial charge on any atom is 0.417 e. The number of halogens is 3. The van der Waals surface area contributed by atoms with Crippen LogP contribution < -0.4 is 0 Å². The summed E-state index contributed by atoms with van der Waals surface area (Å²) in [7, 11) is 0. The second kappa shape index (κ2) is 3.65. The van der Waals surface area contributed by atoms with Crippen LogP contribution in [0.4, 0.5) is 13.2 Å². The fourth-order valence-electron chi connectivity index (χ4n) is 0.827. The van der Waals surface area contributed by atoms with Crippen LogP contribution in [0, 0.1) is 0 Å². The van der Waals surface area contributed by atoms with Crippen molar-refractivity contribution in [1.29, 1.82) is 0 Å². The van der Waals surface area contributed by atoms with Gasteiger partial charge in [0.25, 0.3) is 0 Å². The molecule has 0 saturated carbocycles. The molecule has 0 fully saturated rings. The first-order chi connectivity index (χ1) is 6.45. The maximum absolute atomic E-state index is 12.1. The lowest BCUT2D eigenvalue weighted by atomic mass is 10.2. The van der Waals surface area contributed by atoms with Crippen molar-refractivity contribution in [2.75, 3.05) is 0 Å². The fourth-order valence-corrected chi connectivity index (χ4v) is 0.827. The Labute approximate surface area is 77.9 Å². The molecule has 1 N–H and O–H groups in total. The van der Waals surface area contributed by atoms with Gasteiger partial charge in [-0.15, -0.1) is 0 Å². The van der Waals surface area contributed by atoms with E-state index < -0.39 is 11.7 Å². The van der Waals surface area contributed by atoms with Gasteiger partial charge in [-0.2, -0.15) is 13.2 Å². The van der Waals surface area contributed by atoms with Gasteiger partial charge >= 0.3 is 6.18 Å². The van der Waals surface area contributed by atoms with Crippen molar-refractivity contribution in [3.63, 3.8) is 0 Å². The van der Waals surface area contributed by atoms with Gasteiger partial charge < -0.3 is 5.21 Å². The third-order valence-electron chi connectivity index (χ3n) is 1.61. The summed E-state index contributed by atoms with van der Waals surface area (Å²) in [6.45, 7) is 1.44. The lowest BCUT2D eigenvalue weighted by molar-refractivity contribution is -0.137. The van der Waals surface area contributed by atoms with Gasteiger partial charge in [-0.25, -0.2) is 0 Å². The van der Waals surface area contributed by atoms with Gasteiger partial charge in [0.15, 0.2) is 0 Å². The third-order valence-corrected chi connectivity index (χ3v) is 1.61. The molecule has 3 nitrogen and oxygen atoms in total. The zero-order valence-electron chi connectivity index (χ0n) is 7.21. The Bertz CT molecular complexity index is 343. The smallest absolute Gasteiger partial charge is 0.411 e. The molecule has 0 atom stereocenters. The predicted molar refractivity (Wildman–Crippen MR) is 43.2 cm³/mol. The fraction of sp³-hybridized carbons (Fsp3) is 0.250. The molecule has 6 heteroatoms. The van der Waals surface area contributed by atoms with Gasteiger partial charge in [0.2, 0.25) is 0 Å². The van der Waals surface area contributed by atoms with E-state index >= 15 is 0 Å². The SMILES string of the molecule is CC(=NO)c1ccc(C(F)(F)F)cn1. The van der Waals surface area contributed by atoms with Crippen LogP contribution in [0.2, 0.25) is 0 Å². The monoisotopic (exact) mass is 204 g/mol. The molecule has 0 radical (unpaired) electrons. The molecule has 0 aliphatic rings. The van der Waals surface area contributed by atoms with E-state index in [0.717, 1.165) is 12.1 Å². The Morgan fingerprint density at radius 2 is 2.07 bits per heavy atom. The van der Waals surface area contributed by atoms with Crippen LogP contribution in [-0.2, 0) is 6.18 Å². The number of hydrogen-bond acceptors (Lipinski definition) is 3. The third kappa shape index (κ3) is 2.21. The Balaban J connectivity index is 3.01. The highest BCUT2D eigenvalue weighted by Gasteiger charge is 2.30. The molecule has 0 spiro atoms. The first-order valence-corrected chi connectivity index (χ1v) is 3.67. The Morgan fingerprint density at radius 1 is 1.43 bits per heavy atom. The molecule has 0 aliphatic carbocycles. The molecule has 0 saturated heterocycles. The molecule has 0 unspecified atom stereocenters. The lowest BCUT2D eigenvalue weighted by Crippen LogP contribution is -2.07. The second-order valence-corrected chi connectivity index (χ2v) is 2.62. The Morgan fingerprint density at radius 3 is 2.43 bits per heavy atom. The number of alkyl halides is 3. The summed E-state index contributed by atoms with van der Waals surface area (Å²) < 4.78 is 36.2. The van der Waals surface area contributed by atoms with Crippen LogP contribution in [-0.4, -0.2) is 15.9 Å². The highest BCUT2D eigenvalue weighted by molar-refractivity contribution is 5.96. The van der Waals surface area contributed by atoms with Gasteiger partial charge in [0, 0.05) is 6.20 Å². The molecule has 0 bridgehead atoms. The molecule has 0 amide bonds. The quantitative estimate of drug-likeness (QED) is 0.433. The first-order valence-electron chi connectivity index (χ1n) is 3.67. The van der Waals surface area contributed by atoms with Crippen molar-refractivity contribution in [3.8, 4) is 0 Å². The zero-order chi connectivity index (χ0) is 10.8. The van der Waals surface area contributed by atoms with Crippen LogP contribution in [0.15, 0.2) is 23.5 Å². The van der Waals surface area contributed by atoms with Crippen molar-refractivity contribution < 1.29 is 18.4 Å². The summed E-state index contributed by atoms with van der Waals surface area (Å²) in [5.74, 6) is 0. The molecule has 76 valence electrons. The highest BCUT2D eigenvalue weighted by Crippen LogP contribution is 2.28. The van der Waals surface area contributed by atoms with Crippen LogP contribution in [0.3, 0.4) is 0 Å². The van der Waals surface area contributed by atoms with Crippen LogP contribution >= 0.6 is 0 Å². The van der Waals surface area contributed by atoms with Crippen LogP contribution in [0.5, 0.6) is 0 Å². The van der Waals surface area contributed by atoms with Gasteiger partial charge in [0.05, 0.1) is 11.3 Å². The molecule has 0 aromatic carbocycles. The van der Waals surface area contributed by atoms with Crippen molar-refractivity contribution in [2.45, 2.75) is 13.1 Å². The molecule has 1 aromatic heterocycles. The summed E-state index contributed by atoms with van der Waals surface area (Å²) in [5, 5.41) is 11.2. The summed E-state index contributed by atoms with van der Waals surface area (Å²) in [6.07, 6.45) is -3.69. The predicted octanol–water partition coefficient (Wildman–Crippen LogP) is 2.30. The van der Waals surface area contributed by atoms with E-state index in [0.29, 0.717) is 6.20 Å². The molecule has 1 aromatic rings. The normalized spacial score (nSPS) is 13.0. The summed E-state index contributed by atoms with van der Waals surface area (Å²) in [6, 6.07) is 2.04. The van der Waals surface area contributed by atoms with Crippen molar-refractivity contribution >= 4 is 5.71 Å². The topological polar surface area (TPSA) is 45.5 Å². The van der Waals surface area contributed by atoms with Crippen molar-refractivity contribution in [3.05, 3.63) is 29.6 Å². The van der Waals surface area contributed by atoms with E-state index in [2.05, 4.69) is 10.1 Å². The van der Waals surface area contributed by atoms with E-state index in [1.165, 1.54) is 6.92 Å². The average Bonchev–Trinajstić information content (AvgIpc) is 2.15. The van der Waals surface area contributed by atoms with E-state index in [9.17, 15) is 13.2 Å². The summed E-state index contributed by atoms with van der Waals surface area (Å²) in [4.78, 5) is 3.51. The maximum atomic E-state index is 12.1. The van der Waals surface area contributed by atoms with E-state index in [-0.39, 0.29) is 11.4 Å². The number of oxime groups is 1. The number of aromatic nitrogens is 1. The molecule has 1 rings (SSSR count). The van der Waals surface area contributed by atoms with Crippen molar-refractivity contribution in [1.82, 2.24) is 4.98 Å². The minimum absolute atomic E-state index is 0.165. The minimum atomic E-state index is -4.39. The molecule has 0 aliphatic heterocycles. The van der Waals surface area contributed by atoms with Gasteiger partial charge in [-0.1, -0.05) is 5.16 Å². The number of pyridine rings is 1. The molecular weight excluding hydrogens is 197 g/mol. The van der Waals surface area contributed by atoms with Gasteiger partial charge in [0.1, 0.15) is 5.71 Å². The van der Waals surface area contributed by atoms with Gasteiger partial charge in [-0.05, 0) is 19.1 Å². The molecular formula is C8H7F3N2O. The standard InChI is InChI=1S/C8H7F3N2O/c1-5(13-14)7-3-2-6(4-12-7)8(9,10)11/h2-4,14H,1H3. The zero-order valence-corrected chi connectivity index (χ0v) is 7.21. The summed E-state index contributed by atoms with van der Waals surface area (Å²) in [5.41, 5.74) is -0.453.